The maximum absolute atomic E-state index is 12.9. The first-order valence-electron chi connectivity index (χ1n) is 7.58. The van der Waals surface area contributed by atoms with Crippen LogP contribution in [0.15, 0.2) is 48.5 Å². The van der Waals surface area contributed by atoms with Crippen LogP contribution in [-0.2, 0) is 9.59 Å². The molecule has 0 saturated carbocycles. The zero-order valence-corrected chi connectivity index (χ0v) is 13.0. The van der Waals surface area contributed by atoms with Crippen molar-refractivity contribution >= 4 is 23.2 Å². The van der Waals surface area contributed by atoms with Crippen molar-refractivity contribution in [3.05, 3.63) is 59.7 Å². The van der Waals surface area contributed by atoms with Crippen LogP contribution in [0.25, 0.3) is 0 Å². The third-order valence-corrected chi connectivity index (χ3v) is 3.97. The van der Waals surface area contributed by atoms with Gasteiger partial charge in [-0.25, -0.2) is 0 Å². The molecule has 0 radical (unpaired) electrons. The van der Waals surface area contributed by atoms with Gasteiger partial charge in [0.1, 0.15) is 6.04 Å². The van der Waals surface area contributed by atoms with Crippen LogP contribution in [0.3, 0.4) is 0 Å². The van der Waals surface area contributed by atoms with Gasteiger partial charge in [-0.05, 0) is 30.2 Å². The maximum atomic E-state index is 12.9. The van der Waals surface area contributed by atoms with E-state index in [-0.39, 0.29) is 18.9 Å². The third kappa shape index (κ3) is 3.04. The number of anilines is 2. The molecule has 2 aromatic carbocycles. The SMILES string of the molecule is Cc1ccc2c(c1)NC(c1ccccc1)C(=O)N2CCC(N)=O. The zero-order valence-electron chi connectivity index (χ0n) is 13.0. The molecule has 118 valence electrons. The summed E-state index contributed by atoms with van der Waals surface area (Å²) < 4.78 is 0. The van der Waals surface area contributed by atoms with Crippen LogP contribution < -0.4 is 16.0 Å². The Balaban J connectivity index is 2.00. The summed E-state index contributed by atoms with van der Waals surface area (Å²) in [5.74, 6) is -0.491. The Bertz CT molecular complexity index is 743. The number of carbonyl (C=O) groups is 2. The molecule has 1 aliphatic rings. The molecule has 0 aliphatic carbocycles. The lowest BCUT2D eigenvalue weighted by atomic mass is 10.0. The number of nitrogens with two attached hydrogens (primary N) is 1. The Morgan fingerprint density at radius 3 is 2.65 bits per heavy atom. The Morgan fingerprint density at radius 2 is 1.96 bits per heavy atom. The Hall–Kier alpha value is -2.82. The number of nitrogens with zero attached hydrogens (tertiary/aromatic N) is 1. The first kappa shape index (κ1) is 15.1. The van der Waals surface area contributed by atoms with Gasteiger partial charge in [0.2, 0.25) is 5.91 Å². The minimum Gasteiger partial charge on any atom is -0.370 e. The van der Waals surface area contributed by atoms with Crippen LogP contribution in [0.1, 0.15) is 23.6 Å². The normalized spacial score (nSPS) is 16.7. The molecule has 0 fully saturated rings. The van der Waals surface area contributed by atoms with E-state index in [4.69, 9.17) is 5.73 Å². The summed E-state index contributed by atoms with van der Waals surface area (Å²) in [5.41, 5.74) is 8.93. The van der Waals surface area contributed by atoms with Crippen molar-refractivity contribution in [2.24, 2.45) is 5.73 Å². The first-order chi connectivity index (χ1) is 11.1. The molecule has 0 spiro atoms. The molecule has 5 heteroatoms. The largest absolute Gasteiger partial charge is 0.370 e. The number of nitrogens with one attached hydrogen (secondary N) is 1. The van der Waals surface area contributed by atoms with Gasteiger partial charge >= 0.3 is 0 Å². The predicted molar refractivity (Wildman–Crippen MR) is 90.1 cm³/mol. The molecule has 23 heavy (non-hydrogen) atoms. The summed E-state index contributed by atoms with van der Waals surface area (Å²) in [6.45, 7) is 2.29. The second kappa shape index (κ2) is 6.12. The first-order valence-corrected chi connectivity index (χ1v) is 7.58. The van der Waals surface area contributed by atoms with Gasteiger partial charge in [-0.1, -0.05) is 36.4 Å². The summed E-state index contributed by atoms with van der Waals surface area (Å²) in [4.78, 5) is 25.7. The number of hydrogen-bond donors (Lipinski definition) is 2. The molecule has 0 bridgehead atoms. The average Bonchev–Trinajstić information content (AvgIpc) is 2.54. The van der Waals surface area contributed by atoms with Crippen molar-refractivity contribution in [2.75, 3.05) is 16.8 Å². The van der Waals surface area contributed by atoms with Gasteiger partial charge in [0, 0.05) is 13.0 Å². The van der Waals surface area contributed by atoms with E-state index in [0.717, 1.165) is 22.5 Å². The zero-order chi connectivity index (χ0) is 16.4. The minimum absolute atomic E-state index is 0.0752. The molecule has 1 aliphatic heterocycles. The number of carbonyl (C=O) groups excluding carboxylic acids is 2. The number of fused-ring (bicyclic) bond motifs is 1. The molecular weight excluding hydrogens is 290 g/mol. The Labute approximate surface area is 135 Å². The molecule has 3 rings (SSSR count). The van der Waals surface area contributed by atoms with Gasteiger partial charge in [0.05, 0.1) is 11.4 Å². The maximum Gasteiger partial charge on any atom is 0.254 e. The minimum atomic E-state index is -0.460. The quantitative estimate of drug-likeness (QED) is 0.910. The van der Waals surface area contributed by atoms with Crippen molar-refractivity contribution in [1.82, 2.24) is 0 Å². The highest BCUT2D eigenvalue weighted by molar-refractivity contribution is 6.05. The van der Waals surface area contributed by atoms with Gasteiger partial charge in [0.25, 0.3) is 5.91 Å². The highest BCUT2D eigenvalue weighted by Gasteiger charge is 2.33. The molecule has 5 nitrogen and oxygen atoms in total. The number of benzene rings is 2. The summed E-state index contributed by atoms with van der Waals surface area (Å²) in [7, 11) is 0. The lowest BCUT2D eigenvalue weighted by molar-refractivity contribution is -0.120. The molecule has 0 saturated heterocycles. The second-order valence-corrected chi connectivity index (χ2v) is 5.71. The van der Waals surface area contributed by atoms with Crippen molar-refractivity contribution in [3.8, 4) is 0 Å². The van der Waals surface area contributed by atoms with Crippen LogP contribution in [0, 0.1) is 6.92 Å². The van der Waals surface area contributed by atoms with Gasteiger partial charge < -0.3 is 16.0 Å². The third-order valence-electron chi connectivity index (χ3n) is 3.97. The topological polar surface area (TPSA) is 75.4 Å². The van der Waals surface area contributed by atoms with Crippen LogP contribution in [0.4, 0.5) is 11.4 Å². The fraction of sp³-hybridized carbons (Fsp3) is 0.222. The standard InChI is InChI=1S/C18H19N3O2/c1-12-7-8-15-14(11-12)20-17(13-5-3-2-4-6-13)18(23)21(15)10-9-16(19)22/h2-8,11,17,20H,9-10H2,1H3,(H2,19,22). The number of rotatable bonds is 4. The van der Waals surface area contributed by atoms with E-state index in [9.17, 15) is 9.59 Å². The van der Waals surface area contributed by atoms with Crippen LogP contribution >= 0.6 is 0 Å². The molecular formula is C18H19N3O2. The van der Waals surface area contributed by atoms with E-state index in [0.29, 0.717) is 0 Å². The number of aryl methyl sites for hydroxylation is 1. The molecule has 2 amide bonds. The van der Waals surface area contributed by atoms with Gasteiger partial charge in [-0.3, -0.25) is 9.59 Å². The van der Waals surface area contributed by atoms with Crippen LogP contribution in [0.5, 0.6) is 0 Å². The smallest absolute Gasteiger partial charge is 0.254 e. The summed E-state index contributed by atoms with van der Waals surface area (Å²) in [6.07, 6.45) is 0.139. The van der Waals surface area contributed by atoms with Crippen molar-refractivity contribution < 1.29 is 9.59 Å². The summed E-state index contributed by atoms with van der Waals surface area (Å²) >= 11 is 0. The lowest BCUT2D eigenvalue weighted by Gasteiger charge is -2.35. The van der Waals surface area contributed by atoms with Gasteiger partial charge in [-0.15, -0.1) is 0 Å². The molecule has 1 atom stereocenters. The Morgan fingerprint density at radius 1 is 1.22 bits per heavy atom. The lowest BCUT2D eigenvalue weighted by Crippen LogP contribution is -2.43. The summed E-state index contributed by atoms with van der Waals surface area (Å²) in [6, 6.07) is 15.0. The number of primary amides is 1. The van der Waals surface area contributed by atoms with E-state index in [1.807, 2.05) is 55.5 Å². The van der Waals surface area contributed by atoms with E-state index < -0.39 is 11.9 Å². The van der Waals surface area contributed by atoms with Crippen molar-refractivity contribution in [3.63, 3.8) is 0 Å². The highest BCUT2D eigenvalue weighted by Crippen LogP contribution is 2.37. The van der Waals surface area contributed by atoms with E-state index in [2.05, 4.69) is 5.32 Å². The fourth-order valence-corrected chi connectivity index (χ4v) is 2.82. The van der Waals surface area contributed by atoms with E-state index in [1.54, 1.807) is 4.90 Å². The molecule has 2 aromatic rings. The van der Waals surface area contributed by atoms with Crippen LogP contribution in [-0.4, -0.2) is 18.4 Å². The van der Waals surface area contributed by atoms with E-state index >= 15 is 0 Å². The summed E-state index contributed by atoms with van der Waals surface area (Å²) in [5, 5.41) is 3.31. The molecule has 0 aromatic heterocycles. The van der Waals surface area contributed by atoms with Gasteiger partial charge in [-0.2, -0.15) is 0 Å². The molecule has 3 N–H and O–H groups in total. The fourth-order valence-electron chi connectivity index (χ4n) is 2.82. The monoisotopic (exact) mass is 309 g/mol. The average molecular weight is 309 g/mol. The van der Waals surface area contributed by atoms with Crippen molar-refractivity contribution in [2.45, 2.75) is 19.4 Å². The molecule has 1 unspecified atom stereocenters. The van der Waals surface area contributed by atoms with Crippen molar-refractivity contribution in [1.29, 1.82) is 0 Å². The van der Waals surface area contributed by atoms with Crippen LogP contribution in [0.2, 0.25) is 0 Å². The Kier molecular flexibility index (Phi) is 4.02. The van der Waals surface area contributed by atoms with Gasteiger partial charge in [0.15, 0.2) is 0 Å². The second-order valence-electron chi connectivity index (χ2n) is 5.71. The highest BCUT2D eigenvalue weighted by atomic mass is 16.2. The number of amides is 2. The van der Waals surface area contributed by atoms with E-state index in [1.165, 1.54) is 0 Å². The molecule has 1 heterocycles. The predicted octanol–water partition coefficient (Wildman–Crippen LogP) is 2.37. The number of hydrogen-bond acceptors (Lipinski definition) is 3.